The molecule has 0 saturated carbocycles. The number of halogens is 1. The second kappa shape index (κ2) is 11.3. The third-order valence-corrected chi connectivity index (χ3v) is 5.13. The van der Waals surface area contributed by atoms with E-state index in [0.717, 1.165) is 6.08 Å². The van der Waals surface area contributed by atoms with Crippen LogP contribution < -0.4 is 5.32 Å². The van der Waals surface area contributed by atoms with Gasteiger partial charge in [-0.15, -0.1) is 0 Å². The van der Waals surface area contributed by atoms with E-state index in [9.17, 15) is 19.5 Å². The number of anilines is 1. The molecular formula is C23H24BrNO6. The molecule has 2 aromatic rings. The standard InChI is InChI=1S/C23H24BrNO6/c1-14(5-3-4-6-21(28)29)22(19-13-17(24)9-12-20(19)27)31-23(30)25-18-10-7-16(8-11-18)15(2)26/h4,6-14,22,27H,3,5H2,1-2H3,(H,25,30)(H,28,29)/b6-4+/t14-,22+/m1/s1. The minimum atomic E-state index is -1.03. The van der Waals surface area contributed by atoms with Gasteiger partial charge in [-0.25, -0.2) is 9.59 Å². The lowest BCUT2D eigenvalue weighted by molar-refractivity contribution is -0.131. The van der Waals surface area contributed by atoms with Crippen LogP contribution in [-0.2, 0) is 9.53 Å². The predicted molar refractivity (Wildman–Crippen MR) is 120 cm³/mol. The van der Waals surface area contributed by atoms with Gasteiger partial charge in [-0.1, -0.05) is 28.9 Å². The lowest BCUT2D eigenvalue weighted by Crippen LogP contribution is -2.22. The molecule has 1 amide bonds. The van der Waals surface area contributed by atoms with Crippen LogP contribution in [0.5, 0.6) is 5.75 Å². The minimum Gasteiger partial charge on any atom is -0.508 e. The third kappa shape index (κ3) is 7.57. The number of allylic oxidation sites excluding steroid dienone is 1. The van der Waals surface area contributed by atoms with Crippen LogP contribution in [0.25, 0.3) is 0 Å². The summed E-state index contributed by atoms with van der Waals surface area (Å²) in [7, 11) is 0. The molecule has 0 radical (unpaired) electrons. The number of nitrogens with one attached hydrogen (secondary N) is 1. The molecule has 0 bridgehead atoms. The molecule has 8 heteroatoms. The van der Waals surface area contributed by atoms with E-state index in [2.05, 4.69) is 21.2 Å². The van der Waals surface area contributed by atoms with Gasteiger partial charge < -0.3 is 14.9 Å². The number of ketones is 1. The topological polar surface area (TPSA) is 113 Å². The number of phenolic OH excluding ortho intramolecular Hbond substituents is 1. The van der Waals surface area contributed by atoms with Crippen LogP contribution in [0.15, 0.2) is 59.1 Å². The number of aliphatic carboxylic acids is 1. The van der Waals surface area contributed by atoms with Crippen molar-refractivity contribution in [1.82, 2.24) is 0 Å². The fourth-order valence-electron chi connectivity index (χ4n) is 2.98. The van der Waals surface area contributed by atoms with Gasteiger partial charge in [-0.3, -0.25) is 10.1 Å². The first-order chi connectivity index (χ1) is 14.7. The van der Waals surface area contributed by atoms with E-state index in [-0.39, 0.29) is 17.5 Å². The number of rotatable bonds is 9. The Labute approximate surface area is 188 Å². The molecule has 0 aliphatic rings. The largest absolute Gasteiger partial charge is 0.508 e. The summed E-state index contributed by atoms with van der Waals surface area (Å²) in [4.78, 5) is 34.6. The van der Waals surface area contributed by atoms with Crippen LogP contribution in [0.4, 0.5) is 10.5 Å². The summed E-state index contributed by atoms with van der Waals surface area (Å²) in [6.45, 7) is 3.31. The molecular weight excluding hydrogens is 466 g/mol. The van der Waals surface area contributed by atoms with E-state index in [1.54, 1.807) is 36.4 Å². The van der Waals surface area contributed by atoms with Gasteiger partial charge in [0.2, 0.25) is 0 Å². The highest BCUT2D eigenvalue weighted by Crippen LogP contribution is 2.36. The van der Waals surface area contributed by atoms with E-state index in [1.165, 1.54) is 19.1 Å². The molecule has 0 aliphatic heterocycles. The first-order valence-corrected chi connectivity index (χ1v) is 10.4. The van der Waals surface area contributed by atoms with Crippen molar-refractivity contribution < 1.29 is 29.3 Å². The average molecular weight is 490 g/mol. The number of benzene rings is 2. The second-order valence-corrected chi connectivity index (χ2v) is 8.00. The molecule has 7 nitrogen and oxygen atoms in total. The number of hydrogen-bond donors (Lipinski definition) is 3. The van der Waals surface area contributed by atoms with E-state index in [1.807, 2.05) is 6.92 Å². The number of aromatic hydroxyl groups is 1. The van der Waals surface area contributed by atoms with Crippen LogP contribution in [0, 0.1) is 5.92 Å². The molecule has 2 aromatic carbocycles. The number of carbonyl (C=O) groups excluding carboxylic acids is 2. The molecule has 3 N–H and O–H groups in total. The molecule has 0 saturated heterocycles. The van der Waals surface area contributed by atoms with Gasteiger partial charge >= 0.3 is 12.1 Å². The van der Waals surface area contributed by atoms with Crippen molar-refractivity contribution in [2.45, 2.75) is 32.8 Å². The summed E-state index contributed by atoms with van der Waals surface area (Å²) >= 11 is 3.36. The van der Waals surface area contributed by atoms with Crippen molar-refractivity contribution in [2.24, 2.45) is 5.92 Å². The molecule has 0 unspecified atom stereocenters. The molecule has 0 aliphatic carbocycles. The van der Waals surface area contributed by atoms with Crippen LogP contribution in [0.3, 0.4) is 0 Å². The summed E-state index contributed by atoms with van der Waals surface area (Å²) in [6, 6.07) is 11.3. The maximum Gasteiger partial charge on any atom is 0.412 e. The molecule has 31 heavy (non-hydrogen) atoms. The van der Waals surface area contributed by atoms with Crippen molar-refractivity contribution in [3.63, 3.8) is 0 Å². The molecule has 0 heterocycles. The SMILES string of the molecule is CC(=O)c1ccc(NC(=O)O[C@H](c2cc(Br)ccc2O)[C@H](C)CC/C=C/C(=O)O)cc1. The fraction of sp³-hybridized carbons (Fsp3) is 0.261. The van der Waals surface area contributed by atoms with Crippen molar-refractivity contribution in [1.29, 1.82) is 0 Å². The Morgan fingerprint density at radius 3 is 2.45 bits per heavy atom. The number of carboxylic acids is 1. The number of ether oxygens (including phenoxy) is 1. The number of hydrogen-bond acceptors (Lipinski definition) is 5. The quantitative estimate of drug-likeness (QED) is 0.307. The number of Topliss-reactive ketones (excluding diaryl/α,β-unsaturated/α-hetero) is 1. The van der Waals surface area contributed by atoms with Gasteiger partial charge in [-0.05, 0) is 68.1 Å². The van der Waals surface area contributed by atoms with E-state index in [4.69, 9.17) is 9.84 Å². The Hall–Kier alpha value is -3.13. The zero-order valence-electron chi connectivity index (χ0n) is 17.2. The maximum absolute atomic E-state index is 12.5. The first-order valence-electron chi connectivity index (χ1n) is 9.64. The first kappa shape index (κ1) is 24.1. The molecule has 2 atom stereocenters. The average Bonchev–Trinajstić information content (AvgIpc) is 2.71. The Bertz CT molecular complexity index is 971. The summed E-state index contributed by atoms with van der Waals surface area (Å²) in [5, 5.41) is 21.7. The Kier molecular flexibility index (Phi) is 8.81. The highest BCUT2D eigenvalue weighted by atomic mass is 79.9. The lowest BCUT2D eigenvalue weighted by atomic mass is 9.92. The van der Waals surface area contributed by atoms with Crippen molar-refractivity contribution >= 4 is 39.5 Å². The summed E-state index contributed by atoms with van der Waals surface area (Å²) in [5.41, 5.74) is 1.43. The fourth-order valence-corrected chi connectivity index (χ4v) is 3.36. The minimum absolute atomic E-state index is 0.0141. The van der Waals surface area contributed by atoms with Gasteiger partial charge in [0.05, 0.1) is 0 Å². The normalized spacial score (nSPS) is 12.9. The predicted octanol–water partition coefficient (Wildman–Crippen LogP) is 5.70. The van der Waals surface area contributed by atoms with Crippen LogP contribution in [0.2, 0.25) is 0 Å². The van der Waals surface area contributed by atoms with E-state index >= 15 is 0 Å². The van der Waals surface area contributed by atoms with E-state index in [0.29, 0.717) is 34.1 Å². The zero-order valence-corrected chi connectivity index (χ0v) is 18.8. The Morgan fingerprint density at radius 2 is 1.84 bits per heavy atom. The van der Waals surface area contributed by atoms with Crippen molar-refractivity contribution in [3.05, 3.63) is 70.2 Å². The van der Waals surface area contributed by atoms with Crippen LogP contribution in [-0.4, -0.2) is 28.1 Å². The Morgan fingerprint density at radius 1 is 1.16 bits per heavy atom. The molecule has 2 rings (SSSR count). The number of carboxylic acid groups (broad SMARTS) is 1. The second-order valence-electron chi connectivity index (χ2n) is 7.08. The van der Waals surface area contributed by atoms with Gasteiger partial charge in [0.1, 0.15) is 11.9 Å². The highest BCUT2D eigenvalue weighted by Gasteiger charge is 2.26. The van der Waals surface area contributed by atoms with E-state index < -0.39 is 18.2 Å². The molecule has 0 fully saturated rings. The van der Waals surface area contributed by atoms with Gasteiger partial charge in [0.15, 0.2) is 5.78 Å². The number of phenols is 1. The molecule has 0 spiro atoms. The number of amides is 1. The summed E-state index contributed by atoms with van der Waals surface area (Å²) in [6.07, 6.45) is 2.11. The molecule has 164 valence electrons. The van der Waals surface area contributed by atoms with Crippen LogP contribution >= 0.6 is 15.9 Å². The van der Waals surface area contributed by atoms with Gasteiger partial charge in [-0.2, -0.15) is 0 Å². The van der Waals surface area contributed by atoms with Crippen molar-refractivity contribution in [2.75, 3.05) is 5.32 Å². The van der Waals surface area contributed by atoms with Crippen LogP contribution in [0.1, 0.15) is 48.7 Å². The van der Waals surface area contributed by atoms with Gasteiger partial charge in [0.25, 0.3) is 0 Å². The highest BCUT2D eigenvalue weighted by molar-refractivity contribution is 9.10. The lowest BCUT2D eigenvalue weighted by Gasteiger charge is -2.25. The smallest absolute Gasteiger partial charge is 0.412 e. The zero-order chi connectivity index (χ0) is 23.0. The molecule has 0 aromatic heterocycles. The maximum atomic E-state index is 12.5. The summed E-state index contributed by atoms with van der Waals surface area (Å²) < 4.78 is 6.37. The Balaban J connectivity index is 2.17. The summed E-state index contributed by atoms with van der Waals surface area (Å²) in [5.74, 6) is -1.34. The number of carbonyl (C=O) groups is 3. The monoisotopic (exact) mass is 489 g/mol. The van der Waals surface area contributed by atoms with Crippen molar-refractivity contribution in [3.8, 4) is 5.75 Å². The third-order valence-electron chi connectivity index (χ3n) is 4.63. The van der Waals surface area contributed by atoms with Gasteiger partial charge in [0, 0.05) is 27.4 Å².